The Kier molecular flexibility index (Phi) is 11.1. The first-order valence-corrected chi connectivity index (χ1v) is 19.8. The molecule has 2 spiro atoms. The van der Waals surface area contributed by atoms with Crippen LogP contribution in [0.25, 0.3) is 10.4 Å². The largest absolute Gasteiger partial charge is 0.443 e. The molecule has 0 aromatic carbocycles. The lowest BCUT2D eigenvalue weighted by atomic mass is 9.57. The summed E-state index contributed by atoms with van der Waals surface area (Å²) in [5.41, 5.74) is 11.7. The molecule has 8 heterocycles. The minimum atomic E-state index is -4.82. The third kappa shape index (κ3) is 6.30. The number of hydrogen-bond acceptors (Lipinski definition) is 12. The summed E-state index contributed by atoms with van der Waals surface area (Å²) in [6.45, 7) is 9.57. The number of hydrogen-bond donors (Lipinski definition) is 1. The second-order valence-electron chi connectivity index (χ2n) is 17.4. The molecule has 14 nitrogen and oxygen atoms in total. The summed E-state index contributed by atoms with van der Waals surface area (Å²) in [5, 5.41) is 3.27. The van der Waals surface area contributed by atoms with Crippen LogP contribution in [-0.2, 0) is 48.0 Å². The van der Waals surface area contributed by atoms with Crippen LogP contribution in [0.1, 0.15) is 92.9 Å². The smallest absolute Gasteiger partial charge is 0.342 e. The van der Waals surface area contributed by atoms with E-state index in [9.17, 15) is 26.3 Å². The maximum absolute atomic E-state index is 14.4. The zero-order chi connectivity index (χ0) is 40.7. The summed E-state index contributed by atoms with van der Waals surface area (Å²) in [5.74, 6) is -10.6. The third-order valence-electron chi connectivity index (χ3n) is 14.3. The predicted molar refractivity (Wildman–Crippen MR) is 179 cm³/mol. The van der Waals surface area contributed by atoms with Crippen molar-refractivity contribution in [2.45, 2.75) is 152 Å². The molecule has 0 aromatic rings. The SMILES string of the molecule is C[C@@H]1CC[C@H]2[C@@H](C)[C@](OCCN)(C(F)(F)F)O[C@@H]3O[C@]4(C)CCC1[C@]32OO4.C[C@@H]1CC[C@H]2[C@@H](C)[C@](OCCN=[N+]=[N-])(C(F)(F)F)O[C@@H]3O[C@]4(C)CCC1[C@]32OO4. The second-order valence-corrected chi connectivity index (χ2v) is 17.4. The highest BCUT2D eigenvalue weighted by atomic mass is 19.4. The Morgan fingerprint density at radius 2 is 1.07 bits per heavy atom. The lowest BCUT2D eigenvalue weighted by Crippen LogP contribution is -2.76. The Morgan fingerprint density at radius 3 is 1.46 bits per heavy atom. The lowest BCUT2D eigenvalue weighted by Gasteiger charge is -2.62. The fourth-order valence-electron chi connectivity index (χ4n) is 11.5. The van der Waals surface area contributed by atoms with E-state index in [1.165, 1.54) is 13.8 Å². The van der Waals surface area contributed by atoms with Crippen molar-refractivity contribution in [1.82, 2.24) is 0 Å². The van der Waals surface area contributed by atoms with Gasteiger partial charge in [0.25, 0.3) is 11.6 Å². The van der Waals surface area contributed by atoms with Crippen LogP contribution in [0.2, 0.25) is 0 Å². The van der Waals surface area contributed by atoms with Crippen LogP contribution in [0.15, 0.2) is 5.11 Å². The molecular weight excluding hydrogens is 762 g/mol. The molecule has 20 heteroatoms. The van der Waals surface area contributed by atoms with Gasteiger partial charge in [0.05, 0.1) is 13.2 Å². The highest BCUT2D eigenvalue weighted by Gasteiger charge is 2.79. The molecule has 320 valence electrons. The van der Waals surface area contributed by atoms with Crippen molar-refractivity contribution >= 4 is 0 Å². The first-order valence-electron chi connectivity index (χ1n) is 19.8. The first kappa shape index (κ1) is 42.6. The number of alkyl halides is 6. The monoisotopic (exact) mass is 816 g/mol. The summed E-state index contributed by atoms with van der Waals surface area (Å²) >= 11 is 0. The van der Waals surface area contributed by atoms with E-state index in [0.717, 1.165) is 25.7 Å². The number of nitrogens with two attached hydrogens (primary N) is 1. The molecule has 0 aromatic heterocycles. The zero-order valence-corrected chi connectivity index (χ0v) is 32.5. The van der Waals surface area contributed by atoms with Crippen LogP contribution < -0.4 is 5.73 Å². The quantitative estimate of drug-likeness (QED) is 0.0673. The van der Waals surface area contributed by atoms with E-state index in [0.29, 0.717) is 25.7 Å². The van der Waals surface area contributed by atoms with Gasteiger partial charge in [-0.3, -0.25) is 0 Å². The van der Waals surface area contributed by atoms with E-state index < -0.39 is 89.6 Å². The molecule has 2 unspecified atom stereocenters. The molecule has 10 rings (SSSR count). The molecule has 0 amide bonds. The zero-order valence-electron chi connectivity index (χ0n) is 32.5. The van der Waals surface area contributed by atoms with Gasteiger partial charge in [0, 0.05) is 54.5 Å². The molecule has 2 aliphatic carbocycles. The number of fused-ring (bicyclic) bond motifs is 4. The van der Waals surface area contributed by atoms with Crippen LogP contribution in [0.5, 0.6) is 0 Å². The van der Waals surface area contributed by atoms with Crippen molar-refractivity contribution < 1.29 is 74.3 Å². The van der Waals surface area contributed by atoms with Crippen molar-refractivity contribution in [3.8, 4) is 0 Å². The van der Waals surface area contributed by atoms with Gasteiger partial charge in [-0.05, 0) is 81.6 Å². The molecule has 2 N–H and O–H groups in total. The van der Waals surface area contributed by atoms with Gasteiger partial charge in [-0.2, -0.15) is 26.3 Å². The van der Waals surface area contributed by atoms with E-state index in [1.807, 2.05) is 0 Å². The normalized spacial score (nSPS) is 50.7. The van der Waals surface area contributed by atoms with Crippen LogP contribution in [0, 0.1) is 47.3 Å². The molecule has 4 bridgehead atoms. The molecule has 8 saturated heterocycles. The highest BCUT2D eigenvalue weighted by molar-refractivity contribution is 5.14. The molecule has 56 heavy (non-hydrogen) atoms. The van der Waals surface area contributed by atoms with Gasteiger partial charge in [-0.25, -0.2) is 19.6 Å². The van der Waals surface area contributed by atoms with Crippen molar-refractivity contribution in [3.63, 3.8) is 0 Å². The van der Waals surface area contributed by atoms with Gasteiger partial charge >= 0.3 is 12.4 Å². The van der Waals surface area contributed by atoms with Gasteiger partial charge in [0.1, 0.15) is 0 Å². The molecule has 8 aliphatic heterocycles. The van der Waals surface area contributed by atoms with Gasteiger partial charge in [-0.15, -0.1) is 0 Å². The van der Waals surface area contributed by atoms with Crippen molar-refractivity contribution in [1.29, 1.82) is 0 Å². The predicted octanol–water partition coefficient (Wildman–Crippen LogP) is 7.56. The number of rotatable bonds is 7. The molecule has 10 fully saturated rings. The molecule has 10 aliphatic rings. The molecule has 0 radical (unpaired) electrons. The number of halogens is 6. The summed E-state index contributed by atoms with van der Waals surface area (Å²) in [6, 6.07) is 0. The average molecular weight is 817 g/mol. The fourth-order valence-corrected chi connectivity index (χ4v) is 11.5. The van der Waals surface area contributed by atoms with E-state index in [1.54, 1.807) is 13.8 Å². The van der Waals surface area contributed by atoms with E-state index in [2.05, 4.69) is 23.9 Å². The van der Waals surface area contributed by atoms with E-state index in [4.69, 9.17) is 59.2 Å². The Hall–Kier alpha value is -1.55. The average Bonchev–Trinajstić information content (AvgIpc) is 3.50. The molecule has 2 saturated carbocycles. The summed E-state index contributed by atoms with van der Waals surface area (Å²) in [7, 11) is 0. The standard InChI is InChI=1S/C18H26F3N3O5.C18H28F3NO5/c1-10-4-5-13-11(2)17(18(19,20)21,25-9-8-23-24-22)27-14-16(13)12(10)6-7-15(3,26-14)28-29-16;1-10-4-5-13-11(2)17(18(19,20)21,23-9-8-22)25-14-16(13)12(10)6-7-15(3,24-14)26-27-16/h10-14H,4-9H2,1-3H3;10-14H,4-9,22H2,1-3H3/t2*10-,11-,12?,13+,14+,15+,16-,17-/m11/s1. The van der Waals surface area contributed by atoms with Crippen LogP contribution in [0.4, 0.5) is 26.3 Å². The Labute approximate surface area is 321 Å². The second kappa shape index (κ2) is 14.6. The fraction of sp³-hybridized carbons (Fsp3) is 1.00. The number of nitrogens with zero attached hydrogens (tertiary/aromatic N) is 3. The van der Waals surface area contributed by atoms with Gasteiger partial charge < -0.3 is 34.2 Å². The maximum Gasteiger partial charge on any atom is 0.443 e. The van der Waals surface area contributed by atoms with Crippen molar-refractivity contribution in [3.05, 3.63) is 10.4 Å². The summed E-state index contributed by atoms with van der Waals surface area (Å²) in [6.07, 6.45) is -6.87. The van der Waals surface area contributed by atoms with E-state index >= 15 is 0 Å². The number of ether oxygens (including phenoxy) is 6. The van der Waals surface area contributed by atoms with E-state index in [-0.39, 0.29) is 43.4 Å². The Bertz CT molecular complexity index is 1510. The Morgan fingerprint density at radius 1 is 0.643 bits per heavy atom. The molecular formula is C36H54F6N4O10. The van der Waals surface area contributed by atoms with Crippen LogP contribution in [-0.4, -0.2) is 85.6 Å². The van der Waals surface area contributed by atoms with Gasteiger partial charge in [0.2, 0.25) is 11.6 Å². The van der Waals surface area contributed by atoms with Gasteiger partial charge in [-0.1, -0.05) is 32.8 Å². The summed E-state index contributed by atoms with van der Waals surface area (Å²) in [4.78, 5) is 25.5. The summed E-state index contributed by atoms with van der Waals surface area (Å²) < 4.78 is 120. The Balaban J connectivity index is 0.000000172. The maximum atomic E-state index is 14.4. The minimum Gasteiger partial charge on any atom is -0.342 e. The molecule has 16 atom stereocenters. The van der Waals surface area contributed by atoms with Gasteiger partial charge in [0.15, 0.2) is 23.8 Å². The van der Waals surface area contributed by atoms with Crippen LogP contribution >= 0.6 is 0 Å². The van der Waals surface area contributed by atoms with Crippen molar-refractivity contribution in [2.24, 2.45) is 58.2 Å². The first-order chi connectivity index (χ1) is 26.2. The highest BCUT2D eigenvalue weighted by Crippen LogP contribution is 2.66. The minimum absolute atomic E-state index is 0.00577. The third-order valence-corrected chi connectivity index (χ3v) is 14.3. The number of azide groups is 1. The topological polar surface area (TPSA) is 167 Å². The van der Waals surface area contributed by atoms with Crippen LogP contribution in [0.3, 0.4) is 0 Å². The lowest BCUT2D eigenvalue weighted by molar-refractivity contribution is -0.598. The van der Waals surface area contributed by atoms with Crippen molar-refractivity contribution in [2.75, 3.05) is 26.3 Å².